The van der Waals surface area contributed by atoms with Crippen molar-refractivity contribution in [3.05, 3.63) is 57.6 Å². The van der Waals surface area contributed by atoms with Crippen LogP contribution in [0.1, 0.15) is 15.9 Å². The van der Waals surface area contributed by atoms with E-state index in [1.807, 2.05) is 0 Å². The van der Waals surface area contributed by atoms with E-state index in [9.17, 15) is 14.7 Å². The van der Waals surface area contributed by atoms with Crippen LogP contribution in [0, 0.1) is 0 Å². The normalized spacial score (nSPS) is 10.6. The van der Waals surface area contributed by atoms with Gasteiger partial charge in [0.15, 0.2) is 11.5 Å². The zero-order valence-electron chi connectivity index (χ0n) is 13.6. The van der Waals surface area contributed by atoms with Crippen molar-refractivity contribution in [2.75, 3.05) is 13.7 Å². The van der Waals surface area contributed by atoms with Gasteiger partial charge in [0.1, 0.15) is 0 Å². The molecule has 7 nitrogen and oxygen atoms in total. The lowest BCUT2D eigenvalue weighted by atomic mass is 10.2. The zero-order valence-corrected chi connectivity index (χ0v) is 15.1. The third-order valence-electron chi connectivity index (χ3n) is 3.20. The molecule has 0 bridgehead atoms. The van der Waals surface area contributed by atoms with Crippen LogP contribution in [0.4, 0.5) is 0 Å². The predicted octanol–water partition coefficient (Wildman–Crippen LogP) is 2.59. The molecule has 2 amide bonds. The van der Waals surface area contributed by atoms with E-state index in [1.165, 1.54) is 37.6 Å². The molecule has 0 spiro atoms. The topological polar surface area (TPSA) is 100 Å². The Balaban J connectivity index is 1.85. The average Bonchev–Trinajstić information content (AvgIpc) is 2.63. The van der Waals surface area contributed by atoms with Crippen LogP contribution in [-0.4, -0.2) is 36.8 Å². The largest absolute Gasteiger partial charge is 0.504 e. The Bertz CT molecular complexity index is 856. The standard InChI is InChI=1S/C17H15Cl2N3O4/c1-26-15-6-10(2-5-14(15)23)8-21-22-16(24)9-20-17(25)11-3-4-12(18)13(19)7-11/h2-8,23H,9H2,1H3,(H,20,25)(H,22,24)/b21-8+. The van der Waals surface area contributed by atoms with E-state index in [-0.39, 0.29) is 28.6 Å². The molecule has 0 aliphatic heterocycles. The molecule has 0 fully saturated rings. The molecule has 0 aliphatic carbocycles. The highest BCUT2D eigenvalue weighted by atomic mass is 35.5. The number of rotatable bonds is 6. The Morgan fingerprint density at radius 1 is 1.19 bits per heavy atom. The number of halogens is 2. The molecule has 0 aromatic heterocycles. The number of carbonyl (C=O) groups is 2. The van der Waals surface area contributed by atoms with Crippen molar-refractivity contribution in [1.82, 2.24) is 10.7 Å². The smallest absolute Gasteiger partial charge is 0.259 e. The first-order valence-electron chi connectivity index (χ1n) is 7.33. The number of ether oxygens (including phenoxy) is 1. The minimum Gasteiger partial charge on any atom is -0.504 e. The highest BCUT2D eigenvalue weighted by Crippen LogP contribution is 2.25. The molecule has 0 unspecified atom stereocenters. The van der Waals surface area contributed by atoms with Crippen molar-refractivity contribution >= 4 is 41.2 Å². The first-order chi connectivity index (χ1) is 12.4. The first kappa shape index (κ1) is 19.6. The van der Waals surface area contributed by atoms with Gasteiger partial charge in [-0.15, -0.1) is 0 Å². The van der Waals surface area contributed by atoms with Gasteiger partial charge in [0, 0.05) is 5.56 Å². The monoisotopic (exact) mass is 395 g/mol. The lowest BCUT2D eigenvalue weighted by Crippen LogP contribution is -2.34. The molecule has 0 heterocycles. The number of carbonyl (C=O) groups excluding carboxylic acids is 2. The van der Waals surface area contributed by atoms with Crippen LogP contribution in [0.5, 0.6) is 11.5 Å². The number of hydrogen-bond donors (Lipinski definition) is 3. The molecule has 2 aromatic carbocycles. The summed E-state index contributed by atoms with van der Waals surface area (Å²) >= 11 is 11.6. The van der Waals surface area contributed by atoms with E-state index in [1.54, 1.807) is 12.1 Å². The summed E-state index contributed by atoms with van der Waals surface area (Å²) in [6.07, 6.45) is 1.38. The molecule has 0 aliphatic rings. The lowest BCUT2D eigenvalue weighted by molar-refractivity contribution is -0.120. The Morgan fingerprint density at radius 3 is 2.65 bits per heavy atom. The van der Waals surface area contributed by atoms with Crippen LogP contribution >= 0.6 is 23.2 Å². The zero-order chi connectivity index (χ0) is 19.1. The highest BCUT2D eigenvalue weighted by Gasteiger charge is 2.09. The minimum absolute atomic E-state index is 0.00120. The minimum atomic E-state index is -0.514. The average molecular weight is 396 g/mol. The number of hydrazone groups is 1. The number of nitrogens with one attached hydrogen (secondary N) is 2. The Labute approximate surface area is 159 Å². The lowest BCUT2D eigenvalue weighted by Gasteiger charge is -2.05. The number of aromatic hydroxyl groups is 1. The summed E-state index contributed by atoms with van der Waals surface area (Å²) in [6.45, 7) is -0.269. The molecule has 0 radical (unpaired) electrons. The molecule has 136 valence electrons. The fourth-order valence-electron chi connectivity index (χ4n) is 1.89. The van der Waals surface area contributed by atoms with Crippen molar-refractivity contribution in [1.29, 1.82) is 0 Å². The number of hydrogen-bond acceptors (Lipinski definition) is 5. The predicted molar refractivity (Wildman–Crippen MR) is 99.2 cm³/mol. The second kappa shape index (κ2) is 9.07. The molecule has 0 atom stereocenters. The van der Waals surface area contributed by atoms with E-state index in [0.717, 1.165) is 0 Å². The van der Waals surface area contributed by atoms with E-state index in [4.69, 9.17) is 27.9 Å². The molecule has 0 saturated carbocycles. The van der Waals surface area contributed by atoms with E-state index in [2.05, 4.69) is 15.8 Å². The van der Waals surface area contributed by atoms with Gasteiger partial charge in [0.25, 0.3) is 11.8 Å². The van der Waals surface area contributed by atoms with E-state index < -0.39 is 11.8 Å². The van der Waals surface area contributed by atoms with Crippen LogP contribution in [0.3, 0.4) is 0 Å². The van der Waals surface area contributed by atoms with Gasteiger partial charge >= 0.3 is 0 Å². The van der Waals surface area contributed by atoms with Gasteiger partial charge in [-0.05, 0) is 42.0 Å². The summed E-state index contributed by atoms with van der Waals surface area (Å²) in [4.78, 5) is 23.7. The molecule has 0 saturated heterocycles. The Hall–Kier alpha value is -2.77. The number of nitrogens with zero attached hydrogens (tertiary/aromatic N) is 1. The number of phenolic OH excluding ortho intramolecular Hbond substituents is 1. The van der Waals surface area contributed by atoms with Gasteiger partial charge < -0.3 is 15.2 Å². The van der Waals surface area contributed by atoms with Gasteiger partial charge in [-0.2, -0.15) is 5.10 Å². The second-order valence-electron chi connectivity index (χ2n) is 5.04. The van der Waals surface area contributed by atoms with E-state index in [0.29, 0.717) is 10.6 Å². The van der Waals surface area contributed by atoms with Crippen molar-refractivity contribution in [3.8, 4) is 11.5 Å². The van der Waals surface area contributed by atoms with E-state index >= 15 is 0 Å². The van der Waals surface area contributed by atoms with Crippen LogP contribution in [0.2, 0.25) is 10.0 Å². The van der Waals surface area contributed by atoms with Gasteiger partial charge in [0.05, 0.1) is 29.9 Å². The van der Waals surface area contributed by atoms with Crippen LogP contribution in [0.25, 0.3) is 0 Å². The van der Waals surface area contributed by atoms with Crippen LogP contribution in [0.15, 0.2) is 41.5 Å². The fourth-order valence-corrected chi connectivity index (χ4v) is 2.19. The maximum Gasteiger partial charge on any atom is 0.259 e. The maximum absolute atomic E-state index is 11.9. The fraction of sp³-hybridized carbons (Fsp3) is 0.118. The molecule has 3 N–H and O–H groups in total. The van der Waals surface area contributed by atoms with Crippen LogP contribution < -0.4 is 15.5 Å². The number of benzene rings is 2. The van der Waals surface area contributed by atoms with Crippen molar-refractivity contribution in [2.45, 2.75) is 0 Å². The second-order valence-corrected chi connectivity index (χ2v) is 5.85. The third kappa shape index (κ3) is 5.37. The number of amides is 2. The molecule has 2 rings (SSSR count). The van der Waals surface area contributed by atoms with Gasteiger partial charge in [-0.25, -0.2) is 5.43 Å². The van der Waals surface area contributed by atoms with Gasteiger partial charge in [-0.3, -0.25) is 9.59 Å². The SMILES string of the molecule is COc1cc(/C=N/NC(=O)CNC(=O)c2ccc(Cl)c(Cl)c2)ccc1O. The Kier molecular flexibility index (Phi) is 6.82. The third-order valence-corrected chi connectivity index (χ3v) is 3.94. The number of phenols is 1. The first-order valence-corrected chi connectivity index (χ1v) is 8.08. The molecule has 26 heavy (non-hydrogen) atoms. The van der Waals surface area contributed by atoms with Crippen molar-refractivity contribution < 1.29 is 19.4 Å². The highest BCUT2D eigenvalue weighted by molar-refractivity contribution is 6.42. The summed E-state index contributed by atoms with van der Waals surface area (Å²) in [5, 5.41) is 16.3. The number of methoxy groups -OCH3 is 1. The van der Waals surface area contributed by atoms with Gasteiger partial charge in [0.2, 0.25) is 0 Å². The van der Waals surface area contributed by atoms with Crippen molar-refractivity contribution in [2.24, 2.45) is 5.10 Å². The molecule has 9 heteroatoms. The Morgan fingerprint density at radius 2 is 1.96 bits per heavy atom. The molecular weight excluding hydrogens is 381 g/mol. The summed E-state index contributed by atoms with van der Waals surface area (Å²) < 4.78 is 4.97. The molecular formula is C17H15Cl2N3O4. The summed E-state index contributed by atoms with van der Waals surface area (Å²) in [5.74, 6) is -0.695. The summed E-state index contributed by atoms with van der Waals surface area (Å²) in [7, 11) is 1.42. The maximum atomic E-state index is 11.9. The summed E-state index contributed by atoms with van der Waals surface area (Å²) in [5.41, 5.74) is 3.17. The summed E-state index contributed by atoms with van der Waals surface area (Å²) in [6, 6.07) is 9.00. The van der Waals surface area contributed by atoms with Crippen molar-refractivity contribution in [3.63, 3.8) is 0 Å². The van der Waals surface area contributed by atoms with Crippen LogP contribution in [-0.2, 0) is 4.79 Å². The molecule has 2 aromatic rings. The quantitative estimate of drug-likeness (QED) is 0.516. The van der Waals surface area contributed by atoms with Gasteiger partial charge in [-0.1, -0.05) is 23.2 Å².